The first kappa shape index (κ1) is 24.0. The van der Waals surface area contributed by atoms with Gasteiger partial charge in [0.05, 0.1) is 28.9 Å². The van der Waals surface area contributed by atoms with E-state index in [9.17, 15) is 22.4 Å². The molecule has 0 aliphatic carbocycles. The number of methoxy groups -OCH3 is 1. The summed E-state index contributed by atoms with van der Waals surface area (Å²) < 4.78 is 57.2. The minimum absolute atomic E-state index is 0.0673. The predicted molar refractivity (Wildman–Crippen MR) is 125 cm³/mol. The van der Waals surface area contributed by atoms with E-state index in [0.29, 0.717) is 12.4 Å². The summed E-state index contributed by atoms with van der Waals surface area (Å²) >= 11 is 0. The van der Waals surface area contributed by atoms with Gasteiger partial charge in [-0.3, -0.25) is 9.10 Å². The molecule has 0 radical (unpaired) electrons. The van der Waals surface area contributed by atoms with Gasteiger partial charge in [0.15, 0.2) is 11.5 Å². The minimum atomic E-state index is -4.30. The smallest absolute Gasteiger partial charge is 0.339 e. The molecular formula is C24H21FN2O7S. The molecule has 0 saturated carbocycles. The van der Waals surface area contributed by atoms with Crippen molar-refractivity contribution < 1.29 is 36.6 Å². The largest absolute Gasteiger partial charge is 0.486 e. The summed E-state index contributed by atoms with van der Waals surface area (Å²) in [7, 11) is -3.09. The van der Waals surface area contributed by atoms with Crippen LogP contribution in [-0.4, -0.2) is 47.2 Å². The normalized spacial score (nSPS) is 12.5. The van der Waals surface area contributed by atoms with Crippen LogP contribution in [0.2, 0.25) is 0 Å². The SMILES string of the molecule is COC(=O)c1ccccc1NC(=O)CN(c1ccc(F)cc1)S(=O)(=O)c1ccc2c(c1)OCCO2. The highest BCUT2D eigenvalue weighted by atomic mass is 32.2. The van der Waals surface area contributed by atoms with Crippen LogP contribution < -0.4 is 19.1 Å². The number of carbonyl (C=O) groups is 2. The third-order valence-corrected chi connectivity index (χ3v) is 6.88. The summed E-state index contributed by atoms with van der Waals surface area (Å²) in [5.74, 6) is -1.30. The van der Waals surface area contributed by atoms with E-state index in [2.05, 4.69) is 5.32 Å². The van der Waals surface area contributed by atoms with Gasteiger partial charge in [0.2, 0.25) is 5.91 Å². The van der Waals surface area contributed by atoms with Crippen LogP contribution in [0.15, 0.2) is 71.6 Å². The van der Waals surface area contributed by atoms with Crippen LogP contribution in [0.3, 0.4) is 0 Å². The molecule has 1 aliphatic rings. The minimum Gasteiger partial charge on any atom is -0.486 e. The van der Waals surface area contributed by atoms with E-state index in [0.717, 1.165) is 16.4 Å². The lowest BCUT2D eigenvalue weighted by molar-refractivity contribution is -0.114. The van der Waals surface area contributed by atoms with Crippen LogP contribution in [-0.2, 0) is 19.6 Å². The molecule has 1 amide bonds. The zero-order valence-corrected chi connectivity index (χ0v) is 19.4. The Labute approximate surface area is 201 Å². The van der Waals surface area contributed by atoms with Crippen LogP contribution in [0.25, 0.3) is 0 Å². The second kappa shape index (κ2) is 10.0. The average molecular weight is 501 g/mol. The maximum absolute atomic E-state index is 13.6. The monoisotopic (exact) mass is 500 g/mol. The number of para-hydroxylation sites is 1. The Morgan fingerprint density at radius 2 is 1.69 bits per heavy atom. The molecule has 0 spiro atoms. The van der Waals surface area contributed by atoms with Crippen molar-refractivity contribution in [1.82, 2.24) is 0 Å². The predicted octanol–water partition coefficient (Wildman–Crippen LogP) is 3.22. The third kappa shape index (κ3) is 5.19. The molecule has 9 nitrogen and oxygen atoms in total. The summed E-state index contributed by atoms with van der Waals surface area (Å²) in [4.78, 5) is 24.8. The van der Waals surface area contributed by atoms with Gasteiger partial charge in [-0.05, 0) is 48.5 Å². The van der Waals surface area contributed by atoms with Crippen molar-refractivity contribution in [1.29, 1.82) is 0 Å². The molecule has 0 atom stereocenters. The number of nitrogens with zero attached hydrogens (tertiary/aromatic N) is 1. The Morgan fingerprint density at radius 1 is 1.00 bits per heavy atom. The van der Waals surface area contributed by atoms with Crippen molar-refractivity contribution in [3.8, 4) is 11.5 Å². The quantitative estimate of drug-likeness (QED) is 0.496. The number of amides is 1. The van der Waals surface area contributed by atoms with E-state index in [-0.39, 0.29) is 34.2 Å². The fraction of sp³-hybridized carbons (Fsp3) is 0.167. The second-order valence-electron chi connectivity index (χ2n) is 7.38. The summed E-state index contributed by atoms with van der Waals surface area (Å²) in [6.45, 7) is -0.0495. The van der Waals surface area contributed by atoms with Gasteiger partial charge < -0.3 is 19.5 Å². The van der Waals surface area contributed by atoms with Crippen molar-refractivity contribution in [2.45, 2.75) is 4.90 Å². The van der Waals surface area contributed by atoms with E-state index >= 15 is 0 Å². The van der Waals surface area contributed by atoms with Crippen LogP contribution in [0.4, 0.5) is 15.8 Å². The van der Waals surface area contributed by atoms with Crippen LogP contribution in [0, 0.1) is 5.82 Å². The Morgan fingerprint density at radius 3 is 2.40 bits per heavy atom. The van der Waals surface area contributed by atoms with Crippen LogP contribution in [0.1, 0.15) is 10.4 Å². The van der Waals surface area contributed by atoms with Gasteiger partial charge in [-0.25, -0.2) is 17.6 Å². The fourth-order valence-electron chi connectivity index (χ4n) is 3.43. The van der Waals surface area contributed by atoms with Gasteiger partial charge in [0.1, 0.15) is 25.6 Å². The molecule has 1 aliphatic heterocycles. The van der Waals surface area contributed by atoms with E-state index < -0.39 is 34.3 Å². The number of rotatable bonds is 7. The van der Waals surface area contributed by atoms with Gasteiger partial charge in [-0.15, -0.1) is 0 Å². The molecule has 1 heterocycles. The Bertz CT molecular complexity index is 1360. The molecule has 0 fully saturated rings. The summed E-state index contributed by atoms with van der Waals surface area (Å²) in [6, 6.07) is 14.9. The lowest BCUT2D eigenvalue weighted by atomic mass is 10.2. The molecule has 4 rings (SSSR count). The van der Waals surface area contributed by atoms with Crippen molar-refractivity contribution in [2.75, 3.05) is 36.5 Å². The number of hydrogen-bond acceptors (Lipinski definition) is 7. The summed E-state index contributed by atoms with van der Waals surface area (Å²) in [6.07, 6.45) is 0. The average Bonchev–Trinajstić information content (AvgIpc) is 2.87. The first-order chi connectivity index (χ1) is 16.8. The van der Waals surface area contributed by atoms with Crippen molar-refractivity contribution in [2.24, 2.45) is 0 Å². The zero-order valence-electron chi connectivity index (χ0n) is 18.6. The van der Waals surface area contributed by atoms with Gasteiger partial charge in [0.25, 0.3) is 10.0 Å². The number of esters is 1. The maximum atomic E-state index is 13.6. The van der Waals surface area contributed by atoms with Crippen molar-refractivity contribution in [3.63, 3.8) is 0 Å². The number of benzene rings is 3. The maximum Gasteiger partial charge on any atom is 0.339 e. The Balaban J connectivity index is 1.67. The highest BCUT2D eigenvalue weighted by molar-refractivity contribution is 7.92. The van der Waals surface area contributed by atoms with Gasteiger partial charge in [0, 0.05) is 6.07 Å². The molecular weight excluding hydrogens is 479 g/mol. The van der Waals surface area contributed by atoms with Gasteiger partial charge in [-0.2, -0.15) is 0 Å². The molecule has 1 N–H and O–H groups in total. The fourth-order valence-corrected chi connectivity index (χ4v) is 4.87. The number of nitrogens with one attached hydrogen (secondary N) is 1. The van der Waals surface area contributed by atoms with Crippen molar-refractivity contribution >= 4 is 33.3 Å². The molecule has 0 aromatic heterocycles. The van der Waals surface area contributed by atoms with Crippen LogP contribution >= 0.6 is 0 Å². The van der Waals surface area contributed by atoms with Gasteiger partial charge >= 0.3 is 5.97 Å². The first-order valence-electron chi connectivity index (χ1n) is 10.4. The van der Waals surface area contributed by atoms with E-state index in [1.807, 2.05) is 0 Å². The molecule has 0 bridgehead atoms. The molecule has 0 saturated heterocycles. The second-order valence-corrected chi connectivity index (χ2v) is 9.24. The third-order valence-electron chi connectivity index (χ3n) is 5.11. The number of carbonyl (C=O) groups excluding carboxylic acids is 2. The van der Waals surface area contributed by atoms with E-state index in [4.69, 9.17) is 14.2 Å². The zero-order chi connectivity index (χ0) is 25.0. The first-order valence-corrected chi connectivity index (χ1v) is 11.9. The Hall–Kier alpha value is -4.12. The molecule has 35 heavy (non-hydrogen) atoms. The highest BCUT2D eigenvalue weighted by Gasteiger charge is 2.29. The van der Waals surface area contributed by atoms with E-state index in [1.54, 1.807) is 12.1 Å². The Kier molecular flexibility index (Phi) is 6.87. The number of fused-ring (bicyclic) bond motifs is 1. The standard InChI is InChI=1S/C24H21FN2O7S/c1-32-24(29)19-4-2-3-5-20(19)26-23(28)15-27(17-8-6-16(25)7-9-17)35(30,31)18-10-11-21-22(14-18)34-13-12-33-21/h2-11,14H,12-13,15H2,1H3,(H,26,28). The highest BCUT2D eigenvalue weighted by Crippen LogP contribution is 2.34. The lowest BCUT2D eigenvalue weighted by Gasteiger charge is -2.25. The number of hydrogen-bond donors (Lipinski definition) is 1. The lowest BCUT2D eigenvalue weighted by Crippen LogP contribution is -2.38. The topological polar surface area (TPSA) is 111 Å². The molecule has 11 heteroatoms. The molecule has 182 valence electrons. The number of ether oxygens (including phenoxy) is 3. The molecule has 0 unspecified atom stereocenters. The van der Waals surface area contributed by atoms with E-state index in [1.165, 1.54) is 49.6 Å². The number of sulfonamides is 1. The molecule has 3 aromatic carbocycles. The molecule has 3 aromatic rings. The number of halogens is 1. The summed E-state index contributed by atoms with van der Waals surface area (Å²) in [5.41, 5.74) is 0.323. The summed E-state index contributed by atoms with van der Waals surface area (Å²) in [5, 5.41) is 2.55. The van der Waals surface area contributed by atoms with Crippen molar-refractivity contribution in [3.05, 3.63) is 78.1 Å². The number of anilines is 2. The van der Waals surface area contributed by atoms with Crippen LogP contribution in [0.5, 0.6) is 11.5 Å². The van der Waals surface area contributed by atoms with Gasteiger partial charge in [-0.1, -0.05) is 12.1 Å².